The number of benzene rings is 1. The van der Waals surface area contributed by atoms with Gasteiger partial charge in [0, 0.05) is 22.2 Å². The van der Waals surface area contributed by atoms with Crippen LogP contribution in [0, 0.1) is 0 Å². The van der Waals surface area contributed by atoms with Crippen LogP contribution in [0.4, 0.5) is 5.69 Å². The van der Waals surface area contributed by atoms with Crippen molar-refractivity contribution in [1.82, 2.24) is 4.98 Å². The zero-order valence-electron chi connectivity index (χ0n) is 13.2. The van der Waals surface area contributed by atoms with Crippen molar-refractivity contribution in [2.45, 2.75) is 58.4 Å². The average Bonchev–Trinajstić information content (AvgIpc) is 2.94. The van der Waals surface area contributed by atoms with E-state index in [2.05, 4.69) is 49.3 Å². The Morgan fingerprint density at radius 3 is 2.76 bits per heavy atom. The summed E-state index contributed by atoms with van der Waals surface area (Å²) in [6.07, 6.45) is 7.13. The van der Waals surface area contributed by atoms with Gasteiger partial charge in [-0.15, -0.1) is 11.3 Å². The van der Waals surface area contributed by atoms with Crippen molar-refractivity contribution in [3.63, 3.8) is 0 Å². The van der Waals surface area contributed by atoms with Crippen LogP contribution in [0.5, 0.6) is 0 Å². The number of hydrogen-bond acceptors (Lipinski definition) is 3. The van der Waals surface area contributed by atoms with Crippen molar-refractivity contribution < 1.29 is 0 Å². The van der Waals surface area contributed by atoms with E-state index in [0.29, 0.717) is 0 Å². The molecule has 1 N–H and O–H groups in total. The molecule has 0 spiro atoms. The Morgan fingerprint density at radius 2 is 2.00 bits per heavy atom. The van der Waals surface area contributed by atoms with E-state index in [1.165, 1.54) is 52.4 Å². The minimum absolute atomic E-state index is 0.148. The van der Waals surface area contributed by atoms with Gasteiger partial charge in [-0.05, 0) is 42.9 Å². The van der Waals surface area contributed by atoms with E-state index in [4.69, 9.17) is 0 Å². The Morgan fingerprint density at radius 1 is 1.19 bits per heavy atom. The normalized spacial score (nSPS) is 14.8. The molecule has 0 bridgehead atoms. The highest BCUT2D eigenvalue weighted by atomic mass is 32.1. The third kappa shape index (κ3) is 3.29. The molecule has 0 atom stereocenters. The molecule has 1 heterocycles. The summed E-state index contributed by atoms with van der Waals surface area (Å²) in [6.45, 7) is 7.54. The fourth-order valence-corrected chi connectivity index (χ4v) is 3.77. The number of aryl methyl sites for hydroxylation is 1. The number of aromatic nitrogens is 1. The molecular weight excluding hydrogens is 276 g/mol. The van der Waals surface area contributed by atoms with Crippen molar-refractivity contribution >= 4 is 17.0 Å². The van der Waals surface area contributed by atoms with Gasteiger partial charge in [0.25, 0.3) is 0 Å². The molecule has 2 nitrogen and oxygen atoms in total. The van der Waals surface area contributed by atoms with Gasteiger partial charge in [0.15, 0.2) is 0 Å². The molecule has 0 amide bonds. The van der Waals surface area contributed by atoms with Gasteiger partial charge in [-0.2, -0.15) is 0 Å². The molecule has 0 aliphatic heterocycles. The molecule has 3 heteroatoms. The monoisotopic (exact) mass is 300 g/mol. The molecule has 1 aliphatic carbocycles. The molecule has 0 fully saturated rings. The van der Waals surface area contributed by atoms with Gasteiger partial charge in [0.05, 0.1) is 11.6 Å². The molecule has 2 aromatic rings. The van der Waals surface area contributed by atoms with Gasteiger partial charge in [-0.25, -0.2) is 4.98 Å². The molecule has 21 heavy (non-hydrogen) atoms. The minimum Gasteiger partial charge on any atom is -0.380 e. The lowest BCUT2D eigenvalue weighted by atomic mass is 9.90. The molecule has 1 aromatic heterocycles. The first-order valence-corrected chi connectivity index (χ1v) is 8.65. The minimum atomic E-state index is 0.148. The second kappa shape index (κ2) is 5.80. The van der Waals surface area contributed by atoms with Gasteiger partial charge >= 0.3 is 0 Å². The predicted octanol–water partition coefficient (Wildman–Crippen LogP) is 4.93. The second-order valence-electron chi connectivity index (χ2n) is 6.89. The maximum atomic E-state index is 4.57. The van der Waals surface area contributed by atoms with Crippen molar-refractivity contribution in [3.8, 4) is 0 Å². The zero-order chi connectivity index (χ0) is 14.9. The summed E-state index contributed by atoms with van der Waals surface area (Å²) in [4.78, 5) is 5.88. The fourth-order valence-electron chi connectivity index (χ4n) is 2.87. The first-order chi connectivity index (χ1) is 10.0. The summed E-state index contributed by atoms with van der Waals surface area (Å²) >= 11 is 1.82. The number of nitrogens with one attached hydrogen (secondary N) is 1. The first kappa shape index (κ1) is 14.6. The Kier molecular flexibility index (Phi) is 4.03. The van der Waals surface area contributed by atoms with E-state index in [-0.39, 0.29) is 5.41 Å². The summed E-state index contributed by atoms with van der Waals surface area (Å²) in [7, 11) is 0. The van der Waals surface area contributed by atoms with Crippen LogP contribution in [0.15, 0.2) is 24.4 Å². The van der Waals surface area contributed by atoms with Gasteiger partial charge in [-0.1, -0.05) is 32.9 Å². The number of rotatable bonds is 3. The van der Waals surface area contributed by atoms with Crippen LogP contribution in [0.3, 0.4) is 0 Å². The molecule has 0 saturated carbocycles. The Bertz CT molecular complexity index is 622. The van der Waals surface area contributed by atoms with Crippen LogP contribution >= 0.6 is 11.3 Å². The van der Waals surface area contributed by atoms with Gasteiger partial charge in [0.1, 0.15) is 0 Å². The smallest absolute Gasteiger partial charge is 0.0981 e. The summed E-state index contributed by atoms with van der Waals surface area (Å²) in [5, 5.41) is 4.84. The van der Waals surface area contributed by atoms with Crippen LogP contribution in [-0.2, 0) is 24.8 Å². The maximum absolute atomic E-state index is 4.57. The van der Waals surface area contributed by atoms with Crippen LogP contribution in [0.25, 0.3) is 0 Å². The van der Waals surface area contributed by atoms with E-state index in [1.807, 2.05) is 17.5 Å². The van der Waals surface area contributed by atoms with E-state index in [0.717, 1.165) is 6.54 Å². The lowest BCUT2D eigenvalue weighted by Crippen LogP contribution is -2.09. The van der Waals surface area contributed by atoms with Crippen LogP contribution in [-0.4, -0.2) is 4.98 Å². The Hall–Kier alpha value is -1.35. The number of anilines is 1. The van der Waals surface area contributed by atoms with Gasteiger partial charge < -0.3 is 5.32 Å². The van der Waals surface area contributed by atoms with E-state index < -0.39 is 0 Å². The number of fused-ring (bicyclic) bond motifs is 1. The second-order valence-corrected chi connectivity index (χ2v) is 8.00. The van der Waals surface area contributed by atoms with Crippen molar-refractivity contribution in [2.75, 3.05) is 5.32 Å². The van der Waals surface area contributed by atoms with Crippen LogP contribution < -0.4 is 5.32 Å². The molecule has 0 saturated heterocycles. The predicted molar refractivity (Wildman–Crippen MR) is 91.2 cm³/mol. The number of nitrogens with zero attached hydrogens (tertiary/aromatic N) is 1. The highest BCUT2D eigenvalue weighted by molar-refractivity contribution is 7.11. The Labute approximate surface area is 131 Å². The van der Waals surface area contributed by atoms with Crippen molar-refractivity contribution in [1.29, 1.82) is 0 Å². The summed E-state index contributed by atoms with van der Waals surface area (Å²) in [5.74, 6) is 0. The molecule has 112 valence electrons. The molecule has 3 rings (SSSR count). The topological polar surface area (TPSA) is 24.9 Å². The lowest BCUT2D eigenvalue weighted by Gasteiger charge is -2.20. The summed E-state index contributed by atoms with van der Waals surface area (Å²) < 4.78 is 0. The van der Waals surface area contributed by atoms with E-state index >= 15 is 0 Å². The van der Waals surface area contributed by atoms with Crippen molar-refractivity contribution in [2.24, 2.45) is 0 Å². The molecular formula is C18H24N2S. The fraction of sp³-hybridized carbons (Fsp3) is 0.500. The van der Waals surface area contributed by atoms with E-state index in [1.54, 1.807) is 0 Å². The third-order valence-corrected chi connectivity index (χ3v) is 5.47. The van der Waals surface area contributed by atoms with Gasteiger partial charge in [-0.3, -0.25) is 0 Å². The highest BCUT2D eigenvalue weighted by Crippen LogP contribution is 2.30. The van der Waals surface area contributed by atoms with Gasteiger partial charge in [0.2, 0.25) is 0 Å². The zero-order valence-corrected chi connectivity index (χ0v) is 14.0. The quantitative estimate of drug-likeness (QED) is 0.869. The Balaban J connectivity index is 1.72. The lowest BCUT2D eigenvalue weighted by molar-refractivity contribution is 0.585. The highest BCUT2D eigenvalue weighted by Gasteiger charge is 2.18. The summed E-state index contributed by atoms with van der Waals surface area (Å²) in [6, 6.07) is 6.68. The molecule has 1 aromatic carbocycles. The first-order valence-electron chi connectivity index (χ1n) is 7.84. The number of thiazole rings is 1. The van der Waals surface area contributed by atoms with Crippen molar-refractivity contribution in [3.05, 3.63) is 45.4 Å². The largest absolute Gasteiger partial charge is 0.380 e. The van der Waals surface area contributed by atoms with Crippen LogP contribution in [0.2, 0.25) is 0 Å². The summed E-state index contributed by atoms with van der Waals surface area (Å²) in [5.41, 5.74) is 4.53. The molecule has 0 radical (unpaired) electrons. The molecule has 1 aliphatic rings. The SMILES string of the molecule is CC(C)(C)c1ncc(CNc2cccc3c2CCCC3)s1. The third-order valence-electron chi connectivity index (χ3n) is 4.04. The molecule has 0 unspecified atom stereocenters. The standard InChI is InChI=1S/C18H24N2S/c1-18(2,3)17-20-12-14(21-17)11-19-16-10-6-8-13-7-4-5-9-15(13)16/h6,8,10,12,19H,4-5,7,9,11H2,1-3H3. The number of hydrogen-bond donors (Lipinski definition) is 1. The average molecular weight is 300 g/mol. The van der Waals surface area contributed by atoms with Crippen LogP contribution in [0.1, 0.15) is 54.6 Å². The van der Waals surface area contributed by atoms with E-state index in [9.17, 15) is 0 Å². The maximum Gasteiger partial charge on any atom is 0.0981 e.